The summed E-state index contributed by atoms with van der Waals surface area (Å²) in [5.74, 6) is 0. The van der Waals surface area contributed by atoms with Gasteiger partial charge >= 0.3 is 12.8 Å². The molecule has 0 unspecified atom stereocenters. The molecule has 1 fully saturated rings. The van der Waals surface area contributed by atoms with Crippen molar-refractivity contribution < 1.29 is 19.2 Å². The number of aromatic nitrogens is 4. The smallest absolute Gasteiger partial charge is 0.399 e. The molecule has 2 aromatic carbocycles. The quantitative estimate of drug-likeness (QED) is 0.0881. The molecule has 234 valence electrons. The van der Waals surface area contributed by atoms with Gasteiger partial charge in [-0.2, -0.15) is 0 Å². The molecule has 12 nitrogen and oxygen atoms in total. The standard InChI is InChI=1S/C14H18BNO2.C13H9N3O2.C5H3ClN2O2/c1-13(2)14(3,4)18-15(17-13)11-5-6-12-10(9-11)7-8-16-12;17-16(18)12-2-1-6-15-13(12)10-3-4-11-9(8-10)5-7-14-11;6-5-4(8(9)10)2-1-3-7-5/h5-9,16H,1-4H3;1-8,14H;1-3H. The van der Waals surface area contributed by atoms with Gasteiger partial charge < -0.3 is 19.3 Å². The normalized spacial score (nSPS) is 14.7. The summed E-state index contributed by atoms with van der Waals surface area (Å²) in [6.45, 7) is 8.29. The van der Waals surface area contributed by atoms with Crippen LogP contribution in [-0.2, 0) is 9.31 Å². The van der Waals surface area contributed by atoms with Gasteiger partial charge in [0.05, 0.1) is 21.0 Å². The molecule has 5 heterocycles. The van der Waals surface area contributed by atoms with Crippen LogP contribution in [0, 0.1) is 20.2 Å². The summed E-state index contributed by atoms with van der Waals surface area (Å²) in [6, 6.07) is 21.6. The molecule has 0 saturated carbocycles. The van der Waals surface area contributed by atoms with Gasteiger partial charge in [-0.3, -0.25) is 20.2 Å². The lowest BCUT2D eigenvalue weighted by Crippen LogP contribution is -2.41. The highest BCUT2D eigenvalue weighted by Crippen LogP contribution is 2.36. The summed E-state index contributed by atoms with van der Waals surface area (Å²) < 4.78 is 12.1. The molecule has 7 rings (SSSR count). The number of nitro groups is 2. The summed E-state index contributed by atoms with van der Waals surface area (Å²) >= 11 is 5.37. The highest BCUT2D eigenvalue weighted by molar-refractivity contribution is 6.62. The predicted octanol–water partition coefficient (Wildman–Crippen LogP) is 7.25. The predicted molar refractivity (Wildman–Crippen MR) is 178 cm³/mol. The van der Waals surface area contributed by atoms with Crippen LogP contribution in [0.15, 0.2) is 97.6 Å². The minimum absolute atomic E-state index is 0.0207. The number of fused-ring (bicyclic) bond motifs is 2. The van der Waals surface area contributed by atoms with Crippen molar-refractivity contribution in [3.63, 3.8) is 0 Å². The topological polar surface area (TPSA) is 162 Å². The monoisotopic (exact) mass is 640 g/mol. The molecule has 6 aromatic rings. The van der Waals surface area contributed by atoms with Crippen molar-refractivity contribution in [2.75, 3.05) is 0 Å². The van der Waals surface area contributed by atoms with Gasteiger partial charge in [0.2, 0.25) is 5.15 Å². The van der Waals surface area contributed by atoms with Crippen LogP contribution < -0.4 is 5.46 Å². The third-order valence-electron chi connectivity index (χ3n) is 7.85. The first-order valence-electron chi connectivity index (χ1n) is 14.2. The summed E-state index contributed by atoms with van der Waals surface area (Å²) in [5.41, 5.74) is 3.63. The molecule has 1 saturated heterocycles. The van der Waals surface area contributed by atoms with Crippen LogP contribution in [-0.4, -0.2) is 48.1 Å². The second-order valence-electron chi connectivity index (χ2n) is 11.4. The van der Waals surface area contributed by atoms with E-state index in [9.17, 15) is 20.2 Å². The van der Waals surface area contributed by atoms with Crippen LogP contribution in [0.25, 0.3) is 33.1 Å². The number of aromatic amines is 2. The van der Waals surface area contributed by atoms with E-state index in [2.05, 4.69) is 71.9 Å². The molecular weight excluding hydrogens is 611 g/mol. The zero-order valence-electron chi connectivity index (χ0n) is 25.4. The minimum atomic E-state index is -0.574. The largest absolute Gasteiger partial charge is 0.494 e. The molecule has 1 aliphatic rings. The van der Waals surface area contributed by atoms with Gasteiger partial charge in [-0.15, -0.1) is 0 Å². The number of nitrogens with zero attached hydrogens (tertiary/aromatic N) is 4. The Morgan fingerprint density at radius 1 is 0.739 bits per heavy atom. The molecule has 4 aromatic heterocycles. The lowest BCUT2D eigenvalue weighted by atomic mass is 9.79. The van der Waals surface area contributed by atoms with Crippen LogP contribution in [0.4, 0.5) is 11.4 Å². The fraction of sp³-hybridized carbons (Fsp3) is 0.188. The van der Waals surface area contributed by atoms with Crippen LogP contribution in [0.1, 0.15) is 27.7 Å². The maximum absolute atomic E-state index is 11.0. The van der Waals surface area contributed by atoms with Crippen molar-refractivity contribution in [2.45, 2.75) is 38.9 Å². The number of rotatable bonds is 4. The lowest BCUT2D eigenvalue weighted by molar-refractivity contribution is -0.385. The number of nitrogens with one attached hydrogen (secondary N) is 2. The van der Waals surface area contributed by atoms with Crippen LogP contribution >= 0.6 is 11.6 Å². The highest BCUT2D eigenvalue weighted by atomic mass is 35.5. The molecule has 0 amide bonds. The number of hydrogen-bond acceptors (Lipinski definition) is 8. The van der Waals surface area contributed by atoms with Gasteiger partial charge in [0.1, 0.15) is 5.69 Å². The van der Waals surface area contributed by atoms with Crippen molar-refractivity contribution in [2.24, 2.45) is 0 Å². The molecule has 0 spiro atoms. The third kappa shape index (κ3) is 6.91. The van der Waals surface area contributed by atoms with Crippen molar-refractivity contribution >= 4 is 57.4 Å². The molecule has 0 bridgehead atoms. The SMILES string of the molecule is CC1(C)OB(c2ccc3[nH]ccc3c2)OC1(C)C.O=[N+]([O-])c1cccnc1-c1ccc2[nH]ccc2c1.O=[N+]([O-])c1cccnc1Cl. The van der Waals surface area contributed by atoms with Crippen LogP contribution in [0.2, 0.25) is 5.15 Å². The van der Waals surface area contributed by atoms with Gasteiger partial charge in [0, 0.05) is 58.9 Å². The maximum Gasteiger partial charge on any atom is 0.494 e. The van der Waals surface area contributed by atoms with E-state index >= 15 is 0 Å². The second-order valence-corrected chi connectivity index (χ2v) is 11.7. The first-order chi connectivity index (χ1) is 21.9. The van der Waals surface area contributed by atoms with E-state index in [0.29, 0.717) is 5.69 Å². The molecule has 0 atom stereocenters. The average Bonchev–Trinajstić information content (AvgIpc) is 3.74. The molecule has 0 radical (unpaired) electrons. The van der Waals surface area contributed by atoms with Gasteiger partial charge in [0.25, 0.3) is 5.69 Å². The van der Waals surface area contributed by atoms with Crippen molar-refractivity contribution in [3.8, 4) is 11.3 Å². The van der Waals surface area contributed by atoms with Crippen molar-refractivity contribution in [3.05, 3.63) is 123 Å². The van der Waals surface area contributed by atoms with Crippen molar-refractivity contribution in [1.29, 1.82) is 0 Å². The van der Waals surface area contributed by atoms with E-state index in [1.807, 2.05) is 36.7 Å². The molecule has 46 heavy (non-hydrogen) atoms. The lowest BCUT2D eigenvalue weighted by Gasteiger charge is -2.32. The Kier molecular flexibility index (Phi) is 9.19. The third-order valence-corrected chi connectivity index (χ3v) is 8.14. The van der Waals surface area contributed by atoms with Crippen molar-refractivity contribution in [1.82, 2.24) is 19.9 Å². The van der Waals surface area contributed by atoms with Gasteiger partial charge in [-0.1, -0.05) is 29.8 Å². The Morgan fingerprint density at radius 3 is 1.85 bits per heavy atom. The number of benzene rings is 2. The second kappa shape index (κ2) is 13.1. The Morgan fingerprint density at radius 2 is 1.28 bits per heavy atom. The first kappa shape index (κ1) is 32.3. The zero-order valence-corrected chi connectivity index (χ0v) is 26.2. The van der Waals surface area contributed by atoms with Gasteiger partial charge in [-0.05, 0) is 81.0 Å². The molecule has 14 heteroatoms. The number of H-pyrrole nitrogens is 2. The first-order valence-corrected chi connectivity index (χ1v) is 14.6. The zero-order chi connectivity index (χ0) is 33.1. The molecule has 0 aliphatic carbocycles. The van der Waals surface area contributed by atoms with E-state index in [1.54, 1.807) is 12.3 Å². The molecule has 2 N–H and O–H groups in total. The Hall–Kier alpha value is -5.11. The summed E-state index contributed by atoms with van der Waals surface area (Å²) in [5, 5.41) is 23.2. The van der Waals surface area contributed by atoms with E-state index in [1.165, 1.54) is 29.8 Å². The maximum atomic E-state index is 11.0. The van der Waals surface area contributed by atoms with Gasteiger partial charge in [0.15, 0.2) is 0 Å². The van der Waals surface area contributed by atoms with E-state index < -0.39 is 9.85 Å². The molecule has 1 aliphatic heterocycles. The fourth-order valence-electron chi connectivity index (χ4n) is 4.68. The number of hydrogen-bond donors (Lipinski definition) is 2. The summed E-state index contributed by atoms with van der Waals surface area (Å²) in [7, 11) is -0.283. The highest BCUT2D eigenvalue weighted by Gasteiger charge is 2.51. The summed E-state index contributed by atoms with van der Waals surface area (Å²) in [6.07, 6.45) is 6.74. The average molecular weight is 641 g/mol. The summed E-state index contributed by atoms with van der Waals surface area (Å²) in [4.78, 5) is 34.0. The van der Waals surface area contributed by atoms with Gasteiger partial charge in [-0.25, -0.2) is 9.97 Å². The minimum Gasteiger partial charge on any atom is -0.399 e. The van der Waals surface area contributed by atoms with Crippen LogP contribution in [0.5, 0.6) is 0 Å². The molecular formula is C32H30BClN6O6. The van der Waals surface area contributed by atoms with E-state index in [-0.39, 0.29) is 34.8 Å². The number of halogens is 1. The van der Waals surface area contributed by atoms with E-state index in [0.717, 1.165) is 27.4 Å². The Bertz CT molecular complexity index is 2010. The Balaban J connectivity index is 0.000000142. The Labute approximate surface area is 269 Å². The fourth-order valence-corrected chi connectivity index (χ4v) is 4.87. The number of pyridine rings is 2. The van der Waals surface area contributed by atoms with Crippen LogP contribution in [0.3, 0.4) is 0 Å². The van der Waals surface area contributed by atoms with E-state index in [4.69, 9.17) is 20.9 Å².